The van der Waals surface area contributed by atoms with Gasteiger partial charge >= 0.3 is 5.97 Å². The van der Waals surface area contributed by atoms with Gasteiger partial charge in [-0.15, -0.1) is 11.8 Å². The van der Waals surface area contributed by atoms with Crippen molar-refractivity contribution in [2.45, 2.75) is 32.1 Å². The fourth-order valence-electron chi connectivity index (χ4n) is 3.05. The van der Waals surface area contributed by atoms with Gasteiger partial charge in [-0.2, -0.15) is 0 Å². The normalized spacial score (nSPS) is 23.5. The number of hydrogen-bond acceptors (Lipinski definition) is 6. The lowest BCUT2D eigenvalue weighted by molar-refractivity contribution is -0.146. The van der Waals surface area contributed by atoms with Gasteiger partial charge in [0.25, 0.3) is 5.91 Å². The number of allylic oxidation sites excluding steroid dienone is 2. The summed E-state index contributed by atoms with van der Waals surface area (Å²) in [5.41, 5.74) is 0.995. The quantitative estimate of drug-likeness (QED) is 0.578. The minimum atomic E-state index is -1.13. The number of carbonyl (C=O) groups is 3. The maximum Gasteiger partial charge on any atom is 0.322 e. The molecule has 0 fully saturated rings. The summed E-state index contributed by atoms with van der Waals surface area (Å²) >= 11 is 2.89. The molecular weight excluding hydrogens is 350 g/mol. The molecule has 3 aliphatic rings. The molecule has 2 N–H and O–H groups in total. The summed E-state index contributed by atoms with van der Waals surface area (Å²) in [5.74, 6) is -2.97. The minimum absolute atomic E-state index is 0.302. The molecule has 0 saturated heterocycles. The summed E-state index contributed by atoms with van der Waals surface area (Å²) in [4.78, 5) is 37.9. The van der Waals surface area contributed by atoms with Gasteiger partial charge in [0.15, 0.2) is 5.92 Å². The van der Waals surface area contributed by atoms with Crippen LogP contribution in [0.5, 0.6) is 0 Å². The van der Waals surface area contributed by atoms with Gasteiger partial charge in [-0.05, 0) is 31.9 Å². The number of hydrogen-bond donors (Lipinski definition) is 2. The van der Waals surface area contributed by atoms with Crippen LogP contribution in [0, 0.1) is 5.92 Å². The van der Waals surface area contributed by atoms with E-state index in [9.17, 15) is 14.4 Å². The van der Waals surface area contributed by atoms with Gasteiger partial charge in [-0.3, -0.25) is 14.4 Å². The average molecular weight is 369 g/mol. The highest BCUT2D eigenvalue weighted by Gasteiger charge is 2.45. The van der Waals surface area contributed by atoms with E-state index in [4.69, 9.17) is 5.11 Å². The molecule has 9 heteroatoms. The van der Waals surface area contributed by atoms with Crippen LogP contribution < -0.4 is 5.32 Å². The SMILES string of the molecule is CSC1=CN2SC3=C(CCCCC3)N2C(=O)C1C(=O)NCC(=O)O. The summed E-state index contributed by atoms with van der Waals surface area (Å²) in [6.07, 6.45) is 8.70. The van der Waals surface area contributed by atoms with Crippen molar-refractivity contribution >= 4 is 41.5 Å². The molecule has 0 bridgehead atoms. The van der Waals surface area contributed by atoms with Crippen LogP contribution in [0.3, 0.4) is 0 Å². The van der Waals surface area contributed by atoms with Crippen LogP contribution in [-0.4, -0.2) is 45.1 Å². The van der Waals surface area contributed by atoms with Crippen molar-refractivity contribution in [2.24, 2.45) is 5.92 Å². The second kappa shape index (κ2) is 7.10. The molecule has 3 rings (SSSR count). The van der Waals surface area contributed by atoms with Crippen molar-refractivity contribution in [3.8, 4) is 0 Å². The number of nitrogens with zero attached hydrogens (tertiary/aromatic N) is 2. The van der Waals surface area contributed by atoms with Crippen molar-refractivity contribution in [3.63, 3.8) is 0 Å². The third-order valence-corrected chi connectivity index (χ3v) is 6.11. The lowest BCUT2D eigenvalue weighted by atomic mass is 10.0. The lowest BCUT2D eigenvalue weighted by Gasteiger charge is -2.36. The predicted octanol–water partition coefficient (Wildman–Crippen LogP) is 1.90. The molecule has 0 radical (unpaired) electrons. The van der Waals surface area contributed by atoms with E-state index in [1.165, 1.54) is 16.7 Å². The molecular formula is C15H19N3O4S2. The Morgan fingerprint density at radius 1 is 1.38 bits per heavy atom. The Kier molecular flexibility index (Phi) is 5.09. The number of carboxylic acids is 1. The Bertz CT molecular complexity index is 647. The number of carbonyl (C=O) groups excluding carboxylic acids is 2. The van der Waals surface area contributed by atoms with Crippen LogP contribution in [0.2, 0.25) is 0 Å². The second-order valence-corrected chi connectivity index (χ2v) is 7.68. The van der Waals surface area contributed by atoms with Crippen molar-refractivity contribution < 1.29 is 19.5 Å². The number of nitrogens with one attached hydrogen (secondary N) is 1. The fourth-order valence-corrected chi connectivity index (χ4v) is 4.95. The van der Waals surface area contributed by atoms with Gasteiger partial charge in [0.1, 0.15) is 6.54 Å². The standard InChI is InChI=1S/C15H19N3O4S2/c1-23-11-8-17-18(9-5-3-2-4-6-10(9)24-17)15(22)13(11)14(21)16-7-12(19)20/h8,13H,2-7H2,1H3,(H,16,21)(H,19,20). The summed E-state index contributed by atoms with van der Waals surface area (Å²) in [7, 11) is 0. The summed E-state index contributed by atoms with van der Waals surface area (Å²) in [6, 6.07) is 0. The van der Waals surface area contributed by atoms with E-state index in [2.05, 4.69) is 5.32 Å². The summed E-state index contributed by atoms with van der Waals surface area (Å²) < 4.78 is 1.81. The molecule has 2 amide bonds. The zero-order chi connectivity index (χ0) is 17.3. The Morgan fingerprint density at radius 3 is 2.83 bits per heavy atom. The van der Waals surface area contributed by atoms with Gasteiger partial charge in [0.2, 0.25) is 5.91 Å². The first-order valence-corrected chi connectivity index (χ1v) is 9.81. The molecule has 1 unspecified atom stereocenters. The molecule has 0 spiro atoms. The van der Waals surface area contributed by atoms with Crippen molar-refractivity contribution in [2.75, 3.05) is 12.8 Å². The molecule has 0 aromatic rings. The third-order valence-electron chi connectivity index (χ3n) is 4.19. The number of fused-ring (bicyclic) bond motifs is 2. The van der Waals surface area contributed by atoms with E-state index in [-0.39, 0.29) is 5.91 Å². The monoisotopic (exact) mass is 369 g/mol. The largest absolute Gasteiger partial charge is 0.480 e. The van der Waals surface area contributed by atoms with Crippen molar-refractivity contribution in [1.29, 1.82) is 0 Å². The molecule has 1 atom stereocenters. The molecule has 130 valence electrons. The van der Waals surface area contributed by atoms with Gasteiger partial charge < -0.3 is 10.4 Å². The number of rotatable bonds is 4. The highest BCUT2D eigenvalue weighted by atomic mass is 32.2. The average Bonchev–Trinajstić information content (AvgIpc) is 2.74. The molecule has 0 aromatic carbocycles. The first-order chi connectivity index (χ1) is 11.5. The summed E-state index contributed by atoms with van der Waals surface area (Å²) in [6.45, 7) is -0.489. The number of thioether (sulfide) groups is 1. The Balaban J connectivity index is 1.87. The molecule has 2 heterocycles. The van der Waals surface area contributed by atoms with Crippen LogP contribution in [0.15, 0.2) is 21.7 Å². The lowest BCUT2D eigenvalue weighted by Crippen LogP contribution is -2.50. The predicted molar refractivity (Wildman–Crippen MR) is 92.1 cm³/mol. The Labute approximate surface area is 148 Å². The Hall–Kier alpha value is -1.61. The van der Waals surface area contributed by atoms with Crippen LogP contribution in [0.4, 0.5) is 0 Å². The van der Waals surface area contributed by atoms with Gasteiger partial charge in [0.05, 0.1) is 5.70 Å². The molecule has 24 heavy (non-hydrogen) atoms. The van der Waals surface area contributed by atoms with Crippen molar-refractivity contribution in [3.05, 3.63) is 21.7 Å². The summed E-state index contributed by atoms with van der Waals surface area (Å²) in [5, 5.41) is 12.7. The number of amides is 2. The van der Waals surface area contributed by atoms with Gasteiger partial charge in [-0.25, -0.2) is 9.42 Å². The van der Waals surface area contributed by atoms with E-state index >= 15 is 0 Å². The third kappa shape index (κ3) is 3.14. The zero-order valence-electron chi connectivity index (χ0n) is 13.3. The first-order valence-electron chi connectivity index (χ1n) is 7.81. The fraction of sp³-hybridized carbons (Fsp3) is 0.533. The highest BCUT2D eigenvalue weighted by molar-refractivity contribution is 8.02. The van der Waals surface area contributed by atoms with Crippen LogP contribution in [0.25, 0.3) is 0 Å². The van der Waals surface area contributed by atoms with E-state index in [0.717, 1.165) is 37.8 Å². The Morgan fingerprint density at radius 2 is 2.12 bits per heavy atom. The van der Waals surface area contributed by atoms with Gasteiger partial charge in [-0.1, -0.05) is 6.42 Å². The molecule has 7 nitrogen and oxygen atoms in total. The van der Waals surface area contributed by atoms with Crippen LogP contribution >= 0.6 is 23.7 Å². The number of carboxylic acid groups (broad SMARTS) is 1. The maximum absolute atomic E-state index is 13.0. The van der Waals surface area contributed by atoms with Crippen molar-refractivity contribution in [1.82, 2.24) is 14.7 Å². The highest BCUT2D eigenvalue weighted by Crippen LogP contribution is 2.47. The smallest absolute Gasteiger partial charge is 0.322 e. The maximum atomic E-state index is 13.0. The van der Waals surface area contributed by atoms with E-state index in [0.29, 0.717) is 4.91 Å². The molecule has 2 aliphatic heterocycles. The number of hydrazine groups is 1. The van der Waals surface area contributed by atoms with E-state index in [1.807, 2.05) is 16.9 Å². The minimum Gasteiger partial charge on any atom is -0.480 e. The molecule has 0 aromatic heterocycles. The second-order valence-electron chi connectivity index (χ2n) is 5.75. The van der Waals surface area contributed by atoms with Crippen LogP contribution in [0.1, 0.15) is 32.1 Å². The topological polar surface area (TPSA) is 90.0 Å². The molecule has 1 aliphatic carbocycles. The van der Waals surface area contributed by atoms with E-state index < -0.39 is 24.3 Å². The molecule has 0 saturated carbocycles. The zero-order valence-corrected chi connectivity index (χ0v) is 14.9. The van der Waals surface area contributed by atoms with E-state index in [1.54, 1.807) is 17.0 Å². The first kappa shape index (κ1) is 17.2. The van der Waals surface area contributed by atoms with Gasteiger partial charge in [0, 0.05) is 28.0 Å². The van der Waals surface area contributed by atoms with Crippen LogP contribution in [-0.2, 0) is 14.4 Å². The number of aliphatic carboxylic acids is 1.